The van der Waals surface area contributed by atoms with E-state index in [1.165, 1.54) is 44.2 Å². The lowest BCUT2D eigenvalue weighted by Crippen LogP contribution is -2.47. The first kappa shape index (κ1) is 20.8. The van der Waals surface area contributed by atoms with Gasteiger partial charge in [0.25, 0.3) is 0 Å². The Kier molecular flexibility index (Phi) is 5.54. The van der Waals surface area contributed by atoms with Crippen LogP contribution in [0.15, 0.2) is 18.2 Å². The Balaban J connectivity index is 1.21. The lowest BCUT2D eigenvalue weighted by molar-refractivity contribution is -0.124. The van der Waals surface area contributed by atoms with E-state index in [0.29, 0.717) is 6.42 Å². The number of ether oxygens (including phenoxy) is 2. The van der Waals surface area contributed by atoms with E-state index in [2.05, 4.69) is 33.3 Å². The molecule has 6 fully saturated rings. The van der Waals surface area contributed by atoms with Gasteiger partial charge in [0.2, 0.25) is 5.91 Å². The molecule has 0 unspecified atom stereocenters. The third-order valence-corrected chi connectivity index (χ3v) is 8.68. The molecule has 1 amide bonds. The van der Waals surface area contributed by atoms with E-state index >= 15 is 0 Å². The van der Waals surface area contributed by atoms with E-state index in [-0.39, 0.29) is 11.3 Å². The Labute approximate surface area is 191 Å². The van der Waals surface area contributed by atoms with Crippen molar-refractivity contribution >= 4 is 23.0 Å². The summed E-state index contributed by atoms with van der Waals surface area (Å²) in [6.07, 6.45) is 8.79. The molecule has 4 saturated carbocycles. The number of amides is 1. The zero-order chi connectivity index (χ0) is 21.5. The number of hydrogen-bond acceptors (Lipinski definition) is 5. The van der Waals surface area contributed by atoms with Gasteiger partial charge in [0.1, 0.15) is 0 Å². The summed E-state index contributed by atoms with van der Waals surface area (Å²) in [4.78, 5) is 18.1. The van der Waals surface area contributed by atoms with E-state index in [1.807, 2.05) is 0 Å². The molecule has 4 aliphatic carbocycles. The number of carbonyl (C=O) groups is 1. The first-order valence-corrected chi connectivity index (χ1v) is 12.8. The Hall–Kier alpha value is -1.79. The predicted octanol–water partition coefficient (Wildman–Crippen LogP) is 3.90. The Morgan fingerprint density at radius 1 is 0.875 bits per heavy atom. The highest BCUT2D eigenvalue weighted by molar-refractivity contribution is 5.95. The van der Waals surface area contributed by atoms with Crippen LogP contribution in [0.5, 0.6) is 0 Å². The summed E-state index contributed by atoms with van der Waals surface area (Å²) in [5.41, 5.74) is 3.58. The third kappa shape index (κ3) is 4.12. The molecule has 32 heavy (non-hydrogen) atoms. The molecule has 0 aromatic heterocycles. The van der Waals surface area contributed by atoms with Gasteiger partial charge in [-0.1, -0.05) is 0 Å². The lowest BCUT2D eigenvalue weighted by Gasteiger charge is -2.56. The molecule has 6 heteroatoms. The summed E-state index contributed by atoms with van der Waals surface area (Å²) in [5.74, 6) is 2.85. The number of anilines is 3. The summed E-state index contributed by atoms with van der Waals surface area (Å²) in [6, 6.07) is 6.54. The molecule has 0 radical (unpaired) electrons. The molecule has 2 saturated heterocycles. The fraction of sp³-hybridized carbons (Fsp3) is 0.731. The van der Waals surface area contributed by atoms with Crippen molar-refractivity contribution in [2.75, 3.05) is 67.7 Å². The number of morpholine rings is 2. The van der Waals surface area contributed by atoms with Crippen LogP contribution in [0.2, 0.25) is 0 Å². The van der Waals surface area contributed by atoms with Crippen molar-refractivity contribution in [2.24, 2.45) is 23.2 Å². The van der Waals surface area contributed by atoms with Crippen molar-refractivity contribution in [3.63, 3.8) is 0 Å². The molecule has 4 bridgehead atoms. The van der Waals surface area contributed by atoms with E-state index in [9.17, 15) is 4.79 Å². The Morgan fingerprint density at radius 2 is 1.44 bits per heavy atom. The van der Waals surface area contributed by atoms with E-state index in [0.717, 1.165) is 81.7 Å². The molecule has 6 aliphatic rings. The van der Waals surface area contributed by atoms with Crippen LogP contribution in [0.1, 0.15) is 44.9 Å². The molecule has 2 heterocycles. The molecule has 1 N–H and O–H groups in total. The number of nitrogens with one attached hydrogen (secondary N) is 1. The third-order valence-electron chi connectivity index (χ3n) is 8.68. The van der Waals surface area contributed by atoms with Gasteiger partial charge in [-0.05, 0) is 79.9 Å². The maximum atomic E-state index is 13.3. The number of carbonyl (C=O) groups excluding carboxylic acids is 1. The summed E-state index contributed by atoms with van der Waals surface area (Å²) >= 11 is 0. The molecule has 0 spiro atoms. The van der Waals surface area contributed by atoms with E-state index in [1.54, 1.807) is 0 Å². The monoisotopic (exact) mass is 439 g/mol. The molecule has 6 nitrogen and oxygen atoms in total. The first-order valence-electron chi connectivity index (χ1n) is 12.8. The van der Waals surface area contributed by atoms with Gasteiger partial charge in [-0.25, -0.2) is 0 Å². The summed E-state index contributed by atoms with van der Waals surface area (Å²) < 4.78 is 11.1. The number of nitrogens with zero attached hydrogens (tertiary/aromatic N) is 2. The minimum absolute atomic E-state index is 0.209. The molecule has 1 aromatic carbocycles. The summed E-state index contributed by atoms with van der Waals surface area (Å²) in [7, 11) is 0. The van der Waals surface area contributed by atoms with Crippen LogP contribution < -0.4 is 15.1 Å². The minimum Gasteiger partial charge on any atom is -0.378 e. The van der Waals surface area contributed by atoms with E-state index < -0.39 is 0 Å². The largest absolute Gasteiger partial charge is 0.378 e. The molecule has 2 aliphatic heterocycles. The predicted molar refractivity (Wildman–Crippen MR) is 126 cm³/mol. The molecule has 174 valence electrons. The number of hydrogen-bond donors (Lipinski definition) is 1. The van der Waals surface area contributed by atoms with Gasteiger partial charge < -0.3 is 24.6 Å². The summed E-state index contributed by atoms with van der Waals surface area (Å²) in [6.45, 7) is 6.59. The van der Waals surface area contributed by atoms with E-state index in [4.69, 9.17) is 9.47 Å². The van der Waals surface area contributed by atoms with Gasteiger partial charge in [0.15, 0.2) is 0 Å². The molecule has 0 atom stereocenters. The van der Waals surface area contributed by atoms with Gasteiger partial charge in [0.05, 0.1) is 37.8 Å². The number of benzene rings is 1. The molecular weight excluding hydrogens is 402 g/mol. The van der Waals surface area contributed by atoms with Gasteiger partial charge >= 0.3 is 0 Å². The highest BCUT2D eigenvalue weighted by Gasteiger charge is 2.51. The quantitative estimate of drug-likeness (QED) is 0.754. The zero-order valence-corrected chi connectivity index (χ0v) is 19.2. The molecular formula is C26H37N3O3. The van der Waals surface area contributed by atoms with Crippen LogP contribution in [0.25, 0.3) is 0 Å². The number of rotatable bonds is 5. The van der Waals surface area contributed by atoms with Gasteiger partial charge in [-0.3, -0.25) is 4.79 Å². The average molecular weight is 440 g/mol. The van der Waals surface area contributed by atoms with Crippen LogP contribution in [0.3, 0.4) is 0 Å². The van der Waals surface area contributed by atoms with Gasteiger partial charge in [-0.15, -0.1) is 0 Å². The van der Waals surface area contributed by atoms with Crippen molar-refractivity contribution in [3.05, 3.63) is 18.2 Å². The van der Waals surface area contributed by atoms with Crippen LogP contribution in [-0.4, -0.2) is 58.5 Å². The van der Waals surface area contributed by atoms with Crippen molar-refractivity contribution in [1.29, 1.82) is 0 Å². The Morgan fingerprint density at radius 3 is 2.03 bits per heavy atom. The first-order chi connectivity index (χ1) is 15.7. The van der Waals surface area contributed by atoms with Gasteiger partial charge in [-0.2, -0.15) is 0 Å². The van der Waals surface area contributed by atoms with Crippen molar-refractivity contribution in [3.8, 4) is 0 Å². The van der Waals surface area contributed by atoms with Gasteiger partial charge in [0, 0.05) is 38.3 Å². The second-order valence-corrected chi connectivity index (χ2v) is 11.0. The second kappa shape index (κ2) is 8.53. The second-order valence-electron chi connectivity index (χ2n) is 11.0. The van der Waals surface area contributed by atoms with Crippen LogP contribution in [0, 0.1) is 23.2 Å². The normalized spacial score (nSPS) is 34.1. The fourth-order valence-corrected chi connectivity index (χ4v) is 7.75. The Bertz CT molecular complexity index is 809. The van der Waals surface area contributed by atoms with Crippen LogP contribution in [0.4, 0.5) is 17.1 Å². The maximum absolute atomic E-state index is 13.3. The SMILES string of the molecule is O=C(CC12CC3CC(CC(C3)C1)C2)Nc1ccc(N2CCOCC2)cc1N1CCOCC1. The summed E-state index contributed by atoms with van der Waals surface area (Å²) in [5, 5.41) is 3.35. The average Bonchev–Trinajstić information content (AvgIpc) is 2.79. The zero-order valence-electron chi connectivity index (χ0n) is 19.2. The fourth-order valence-electron chi connectivity index (χ4n) is 7.75. The smallest absolute Gasteiger partial charge is 0.224 e. The molecule has 1 aromatic rings. The van der Waals surface area contributed by atoms with Crippen molar-refractivity contribution in [2.45, 2.75) is 44.9 Å². The lowest BCUT2D eigenvalue weighted by atomic mass is 9.49. The van der Waals surface area contributed by atoms with Crippen molar-refractivity contribution in [1.82, 2.24) is 0 Å². The highest BCUT2D eigenvalue weighted by Crippen LogP contribution is 2.61. The topological polar surface area (TPSA) is 54.0 Å². The molecule has 7 rings (SSSR count). The standard InChI is InChI=1S/C26H37N3O3/c30-25(18-26-15-19-11-20(16-26)13-21(12-19)17-26)27-23-2-1-22(28-3-7-31-8-4-28)14-24(23)29-5-9-32-10-6-29/h1-2,14,19-21H,3-13,15-18H2,(H,27,30). The van der Waals surface area contributed by atoms with Crippen LogP contribution in [-0.2, 0) is 14.3 Å². The van der Waals surface area contributed by atoms with Crippen LogP contribution >= 0.6 is 0 Å². The van der Waals surface area contributed by atoms with Crippen molar-refractivity contribution < 1.29 is 14.3 Å². The highest BCUT2D eigenvalue weighted by atomic mass is 16.5. The minimum atomic E-state index is 0.209. The maximum Gasteiger partial charge on any atom is 0.224 e.